The van der Waals surface area contributed by atoms with Crippen LogP contribution in [0.25, 0.3) is 0 Å². The van der Waals surface area contributed by atoms with Crippen LogP contribution in [0.2, 0.25) is 19.1 Å². The van der Waals surface area contributed by atoms with Crippen LogP contribution in [-0.4, -0.2) is 20.7 Å². The first kappa shape index (κ1) is 14.5. The minimum atomic E-state index is -1.34. The van der Waals surface area contributed by atoms with Crippen molar-refractivity contribution in [3.05, 3.63) is 0 Å². The van der Waals surface area contributed by atoms with Gasteiger partial charge in [-0.3, -0.25) is 0 Å². The molecule has 0 amide bonds. The van der Waals surface area contributed by atoms with Crippen LogP contribution in [0.3, 0.4) is 0 Å². The summed E-state index contributed by atoms with van der Waals surface area (Å²) >= 11 is 4.62. The van der Waals surface area contributed by atoms with Gasteiger partial charge in [-0.05, 0) is 32.0 Å². The molecule has 0 saturated heterocycles. The topological polar surface area (TPSA) is 9.23 Å². The molecule has 0 saturated carbocycles. The van der Waals surface area contributed by atoms with Gasteiger partial charge in [0.05, 0.1) is 0 Å². The molecule has 0 N–H and O–H groups in total. The van der Waals surface area contributed by atoms with Crippen LogP contribution in [0.1, 0.15) is 39.0 Å². The fraction of sp³-hybridized carbons (Fsp3) is 1.00. The van der Waals surface area contributed by atoms with Gasteiger partial charge in [0, 0.05) is 12.4 Å². The van der Waals surface area contributed by atoms with Crippen molar-refractivity contribution < 1.29 is 4.43 Å². The van der Waals surface area contributed by atoms with Crippen LogP contribution >= 0.6 is 12.6 Å². The quantitative estimate of drug-likeness (QED) is 0.378. The first-order valence-corrected chi connectivity index (χ1v) is 9.38. The van der Waals surface area contributed by atoms with Gasteiger partial charge in [-0.15, -0.1) is 0 Å². The lowest BCUT2D eigenvalue weighted by Crippen LogP contribution is -2.29. The fourth-order valence-electron chi connectivity index (χ4n) is 1.39. The van der Waals surface area contributed by atoms with E-state index in [1.807, 2.05) is 7.11 Å². The number of unbranched alkanes of at least 4 members (excludes halogenated alkanes) is 2. The van der Waals surface area contributed by atoms with E-state index in [2.05, 4.69) is 32.6 Å². The highest BCUT2D eigenvalue weighted by molar-refractivity contribution is 7.80. The average Bonchev–Trinajstić information content (AvgIpc) is 2.16. The zero-order valence-corrected chi connectivity index (χ0v) is 12.1. The molecular weight excluding hydrogens is 208 g/mol. The zero-order valence-electron chi connectivity index (χ0n) is 10.2. The fourth-order valence-corrected chi connectivity index (χ4v) is 3.19. The SMILES string of the molecule is CCCCCC(S)CC[Si](C)(C)OC. The van der Waals surface area contributed by atoms with Crippen molar-refractivity contribution in [1.29, 1.82) is 0 Å². The molecule has 0 aromatic rings. The lowest BCUT2D eigenvalue weighted by molar-refractivity contribution is 0.401. The van der Waals surface area contributed by atoms with E-state index < -0.39 is 8.32 Å². The van der Waals surface area contributed by atoms with Crippen LogP contribution in [0.4, 0.5) is 0 Å². The van der Waals surface area contributed by atoms with Gasteiger partial charge in [0.2, 0.25) is 0 Å². The predicted molar refractivity (Wildman–Crippen MR) is 70.8 cm³/mol. The largest absolute Gasteiger partial charge is 0.420 e. The summed E-state index contributed by atoms with van der Waals surface area (Å²) in [6, 6.07) is 1.24. The zero-order chi connectivity index (χ0) is 11.0. The molecule has 0 aliphatic rings. The standard InChI is InChI=1S/C11H26OSSi/c1-5-6-7-8-11(13)9-10-14(3,4)12-2/h11,13H,5-10H2,1-4H3. The van der Waals surface area contributed by atoms with E-state index in [0.29, 0.717) is 5.25 Å². The van der Waals surface area contributed by atoms with Crippen molar-refractivity contribution in [2.45, 2.75) is 63.4 Å². The summed E-state index contributed by atoms with van der Waals surface area (Å²) < 4.78 is 5.52. The molecule has 0 aliphatic heterocycles. The summed E-state index contributed by atoms with van der Waals surface area (Å²) in [4.78, 5) is 0. The molecule has 1 atom stereocenters. The first-order valence-electron chi connectivity index (χ1n) is 5.75. The Morgan fingerprint density at radius 3 is 2.36 bits per heavy atom. The van der Waals surface area contributed by atoms with Gasteiger partial charge in [-0.2, -0.15) is 12.6 Å². The summed E-state index contributed by atoms with van der Waals surface area (Å²) in [6.07, 6.45) is 6.48. The molecule has 0 heterocycles. The van der Waals surface area contributed by atoms with Crippen molar-refractivity contribution in [1.82, 2.24) is 0 Å². The number of hydrogen-bond acceptors (Lipinski definition) is 2. The van der Waals surface area contributed by atoms with Gasteiger partial charge in [-0.1, -0.05) is 26.2 Å². The maximum Gasteiger partial charge on any atom is 0.186 e. The number of hydrogen-bond donors (Lipinski definition) is 1. The highest BCUT2D eigenvalue weighted by Gasteiger charge is 2.21. The molecule has 3 heteroatoms. The highest BCUT2D eigenvalue weighted by atomic mass is 32.1. The van der Waals surface area contributed by atoms with E-state index in [9.17, 15) is 0 Å². The normalized spacial score (nSPS) is 14.4. The smallest absolute Gasteiger partial charge is 0.186 e. The van der Waals surface area contributed by atoms with Gasteiger partial charge in [0.1, 0.15) is 0 Å². The average molecular weight is 234 g/mol. The highest BCUT2D eigenvalue weighted by Crippen LogP contribution is 2.20. The Balaban J connectivity index is 3.48. The van der Waals surface area contributed by atoms with Crippen molar-refractivity contribution in [2.24, 2.45) is 0 Å². The van der Waals surface area contributed by atoms with Crippen LogP contribution < -0.4 is 0 Å². The third-order valence-electron chi connectivity index (χ3n) is 2.77. The molecule has 0 aliphatic carbocycles. The van der Waals surface area contributed by atoms with Gasteiger partial charge in [-0.25, -0.2) is 0 Å². The van der Waals surface area contributed by atoms with Crippen molar-refractivity contribution in [2.75, 3.05) is 7.11 Å². The Bertz CT molecular complexity index is 139. The molecule has 0 aromatic carbocycles. The summed E-state index contributed by atoms with van der Waals surface area (Å²) in [6.45, 7) is 6.80. The molecule has 1 unspecified atom stereocenters. The van der Waals surface area contributed by atoms with E-state index in [-0.39, 0.29) is 0 Å². The van der Waals surface area contributed by atoms with Gasteiger partial charge < -0.3 is 4.43 Å². The summed E-state index contributed by atoms with van der Waals surface area (Å²) in [5, 5.41) is 0.587. The molecule has 0 spiro atoms. The Labute approximate surface area is 96.2 Å². The van der Waals surface area contributed by atoms with Crippen LogP contribution in [0.5, 0.6) is 0 Å². The molecule has 86 valence electrons. The summed E-state index contributed by atoms with van der Waals surface area (Å²) in [5.74, 6) is 0. The molecular formula is C11H26OSSi. The monoisotopic (exact) mass is 234 g/mol. The van der Waals surface area contributed by atoms with E-state index >= 15 is 0 Å². The molecule has 0 rings (SSSR count). The van der Waals surface area contributed by atoms with Crippen LogP contribution in [0.15, 0.2) is 0 Å². The maximum atomic E-state index is 5.52. The van der Waals surface area contributed by atoms with Gasteiger partial charge in [0.25, 0.3) is 0 Å². The lowest BCUT2D eigenvalue weighted by Gasteiger charge is -2.21. The molecule has 1 nitrogen and oxygen atoms in total. The maximum absolute atomic E-state index is 5.52. The van der Waals surface area contributed by atoms with E-state index in [1.165, 1.54) is 38.1 Å². The van der Waals surface area contributed by atoms with E-state index in [4.69, 9.17) is 4.43 Å². The second-order valence-corrected chi connectivity index (χ2v) is 9.81. The predicted octanol–water partition coefficient (Wildman–Crippen LogP) is 4.11. The van der Waals surface area contributed by atoms with Crippen molar-refractivity contribution in [3.63, 3.8) is 0 Å². The first-order chi connectivity index (χ1) is 6.52. The molecule has 0 fully saturated rings. The molecule has 14 heavy (non-hydrogen) atoms. The molecule has 0 bridgehead atoms. The van der Waals surface area contributed by atoms with Crippen molar-refractivity contribution >= 4 is 20.9 Å². The third-order valence-corrected chi connectivity index (χ3v) is 5.89. The second-order valence-electron chi connectivity index (χ2n) is 4.65. The Morgan fingerprint density at radius 1 is 1.21 bits per heavy atom. The Hall–Kier alpha value is 0.527. The summed E-state index contributed by atoms with van der Waals surface area (Å²) in [5.41, 5.74) is 0. The Kier molecular flexibility index (Phi) is 8.06. The molecule has 0 radical (unpaired) electrons. The van der Waals surface area contributed by atoms with Crippen molar-refractivity contribution in [3.8, 4) is 0 Å². The minimum absolute atomic E-state index is 0.587. The van der Waals surface area contributed by atoms with Gasteiger partial charge in [0.15, 0.2) is 8.32 Å². The third kappa shape index (κ3) is 7.89. The Morgan fingerprint density at radius 2 is 1.86 bits per heavy atom. The number of thiol groups is 1. The van der Waals surface area contributed by atoms with E-state index in [0.717, 1.165) is 0 Å². The van der Waals surface area contributed by atoms with E-state index in [1.54, 1.807) is 0 Å². The van der Waals surface area contributed by atoms with Gasteiger partial charge >= 0.3 is 0 Å². The molecule has 0 aromatic heterocycles. The minimum Gasteiger partial charge on any atom is -0.420 e. The second kappa shape index (κ2) is 7.77. The summed E-state index contributed by atoms with van der Waals surface area (Å²) in [7, 11) is 0.508. The number of rotatable bonds is 8. The lowest BCUT2D eigenvalue weighted by atomic mass is 10.1. The van der Waals surface area contributed by atoms with Crippen LogP contribution in [-0.2, 0) is 4.43 Å². The van der Waals surface area contributed by atoms with Crippen LogP contribution in [0, 0.1) is 0 Å².